The second-order valence-electron chi connectivity index (χ2n) is 4.40. The molecule has 0 aliphatic carbocycles. The first kappa shape index (κ1) is 13.2. The molecule has 1 aromatic heterocycles. The summed E-state index contributed by atoms with van der Waals surface area (Å²) < 4.78 is 5.35. The van der Waals surface area contributed by atoms with Crippen LogP contribution in [0.25, 0.3) is 11.3 Å². The van der Waals surface area contributed by atoms with Crippen LogP contribution in [0.2, 0.25) is 0 Å². The van der Waals surface area contributed by atoms with Crippen LogP contribution in [0, 0.1) is 5.92 Å². The van der Waals surface area contributed by atoms with E-state index < -0.39 is 0 Å². The van der Waals surface area contributed by atoms with Crippen LogP contribution in [-0.4, -0.2) is 17.5 Å². The van der Waals surface area contributed by atoms with Gasteiger partial charge in [0, 0.05) is 17.4 Å². The molecule has 1 atom stereocenters. The van der Waals surface area contributed by atoms with Gasteiger partial charge in [0.2, 0.25) is 0 Å². The molecule has 18 heavy (non-hydrogen) atoms. The summed E-state index contributed by atoms with van der Waals surface area (Å²) in [4.78, 5) is 0. The lowest BCUT2D eigenvalue weighted by molar-refractivity contribution is 0.426. The van der Waals surface area contributed by atoms with E-state index in [-0.39, 0.29) is 0 Å². The molecule has 2 N–H and O–H groups in total. The van der Waals surface area contributed by atoms with E-state index in [2.05, 4.69) is 12.1 Å². The third kappa shape index (κ3) is 3.62. The number of rotatable bonds is 6. The Morgan fingerprint density at radius 3 is 2.83 bits per heavy atom. The number of nitrogens with zero attached hydrogens (tertiary/aromatic N) is 1. The van der Waals surface area contributed by atoms with Gasteiger partial charge in [-0.25, -0.2) is 0 Å². The van der Waals surface area contributed by atoms with Gasteiger partial charge >= 0.3 is 0 Å². The second kappa shape index (κ2) is 6.61. The fraction of sp³-hybridized carbons (Fsp3) is 0.357. The highest BCUT2D eigenvalue weighted by molar-refractivity contribution is 7.98. The van der Waals surface area contributed by atoms with E-state index in [1.54, 1.807) is 0 Å². The molecule has 0 radical (unpaired) electrons. The van der Waals surface area contributed by atoms with Crippen molar-refractivity contribution in [2.75, 3.05) is 12.3 Å². The van der Waals surface area contributed by atoms with Crippen molar-refractivity contribution in [3.63, 3.8) is 0 Å². The minimum absolute atomic E-state index is 0.551. The molecule has 3 nitrogen and oxygen atoms in total. The maximum atomic E-state index is 5.58. The number of hydrogen-bond donors (Lipinski definition) is 1. The van der Waals surface area contributed by atoms with Crippen molar-refractivity contribution in [1.82, 2.24) is 5.16 Å². The van der Waals surface area contributed by atoms with Crippen LogP contribution in [0.15, 0.2) is 40.9 Å². The van der Waals surface area contributed by atoms with E-state index in [0.29, 0.717) is 5.92 Å². The highest BCUT2D eigenvalue weighted by atomic mass is 32.2. The van der Waals surface area contributed by atoms with Gasteiger partial charge in [-0.05, 0) is 18.2 Å². The molecule has 0 aliphatic heterocycles. The van der Waals surface area contributed by atoms with Crippen LogP contribution in [0.1, 0.15) is 12.6 Å². The SMILES string of the molecule is CC(CN)CSCc1cc(-c2ccccc2)on1. The average molecular weight is 262 g/mol. The molecule has 4 heteroatoms. The number of thioether (sulfide) groups is 1. The zero-order valence-electron chi connectivity index (χ0n) is 10.5. The van der Waals surface area contributed by atoms with Gasteiger partial charge in [-0.1, -0.05) is 42.4 Å². The maximum absolute atomic E-state index is 5.58. The first-order valence-electron chi connectivity index (χ1n) is 6.08. The number of hydrogen-bond acceptors (Lipinski definition) is 4. The molecule has 2 aromatic rings. The lowest BCUT2D eigenvalue weighted by Crippen LogP contribution is -2.12. The molecule has 0 saturated heterocycles. The number of benzene rings is 1. The van der Waals surface area contributed by atoms with Crippen LogP contribution in [0.4, 0.5) is 0 Å². The van der Waals surface area contributed by atoms with Gasteiger partial charge in [0.15, 0.2) is 5.76 Å². The zero-order valence-corrected chi connectivity index (χ0v) is 11.3. The van der Waals surface area contributed by atoms with Crippen LogP contribution in [-0.2, 0) is 5.75 Å². The lowest BCUT2D eigenvalue weighted by atomic mass is 10.2. The molecule has 2 rings (SSSR count). The van der Waals surface area contributed by atoms with Gasteiger partial charge in [0.05, 0.1) is 5.69 Å². The van der Waals surface area contributed by atoms with Gasteiger partial charge in [-0.2, -0.15) is 11.8 Å². The van der Waals surface area contributed by atoms with Gasteiger partial charge in [-0.3, -0.25) is 0 Å². The van der Waals surface area contributed by atoms with E-state index in [9.17, 15) is 0 Å². The quantitative estimate of drug-likeness (QED) is 0.868. The first-order valence-corrected chi connectivity index (χ1v) is 7.24. The third-order valence-corrected chi connectivity index (χ3v) is 3.98. The third-order valence-electron chi connectivity index (χ3n) is 2.67. The van der Waals surface area contributed by atoms with Gasteiger partial charge in [0.25, 0.3) is 0 Å². The Kier molecular flexibility index (Phi) is 4.84. The largest absolute Gasteiger partial charge is 0.356 e. The summed E-state index contributed by atoms with van der Waals surface area (Å²) in [5.74, 6) is 3.32. The molecule has 0 fully saturated rings. The van der Waals surface area contributed by atoms with Gasteiger partial charge < -0.3 is 10.3 Å². The highest BCUT2D eigenvalue weighted by Gasteiger charge is 2.07. The number of aromatic nitrogens is 1. The number of nitrogens with two attached hydrogens (primary N) is 1. The fourth-order valence-electron chi connectivity index (χ4n) is 1.55. The summed E-state index contributed by atoms with van der Waals surface area (Å²) >= 11 is 1.85. The van der Waals surface area contributed by atoms with Crippen molar-refractivity contribution in [2.24, 2.45) is 11.7 Å². The van der Waals surface area contributed by atoms with Gasteiger partial charge in [0.1, 0.15) is 0 Å². The summed E-state index contributed by atoms with van der Waals surface area (Å²) in [5.41, 5.74) is 7.64. The van der Waals surface area contributed by atoms with E-state index >= 15 is 0 Å². The van der Waals surface area contributed by atoms with Crippen LogP contribution >= 0.6 is 11.8 Å². The second-order valence-corrected chi connectivity index (χ2v) is 5.43. The molecule has 0 bridgehead atoms. The molecule has 1 unspecified atom stereocenters. The van der Waals surface area contributed by atoms with Crippen LogP contribution in [0.3, 0.4) is 0 Å². The Hall–Kier alpha value is -1.26. The van der Waals surface area contributed by atoms with E-state index in [4.69, 9.17) is 10.3 Å². The minimum atomic E-state index is 0.551. The molecular weight excluding hydrogens is 244 g/mol. The summed E-state index contributed by atoms with van der Waals surface area (Å²) in [6.07, 6.45) is 0. The molecule has 1 heterocycles. The van der Waals surface area contributed by atoms with Crippen LogP contribution < -0.4 is 5.73 Å². The normalized spacial score (nSPS) is 12.6. The summed E-state index contributed by atoms with van der Waals surface area (Å²) in [6, 6.07) is 12.0. The van der Waals surface area contributed by atoms with E-state index in [1.807, 2.05) is 48.2 Å². The average Bonchev–Trinajstić information content (AvgIpc) is 2.88. The summed E-state index contributed by atoms with van der Waals surface area (Å²) in [5, 5.41) is 4.09. The predicted molar refractivity (Wildman–Crippen MR) is 76.3 cm³/mol. The Morgan fingerprint density at radius 1 is 1.33 bits per heavy atom. The Morgan fingerprint density at radius 2 is 2.11 bits per heavy atom. The standard InChI is InChI=1S/C14H18N2OS/c1-11(8-15)9-18-10-13-7-14(17-16-13)12-5-3-2-4-6-12/h2-7,11H,8-10,15H2,1H3. The van der Waals surface area contributed by atoms with Crippen molar-refractivity contribution >= 4 is 11.8 Å². The first-order chi connectivity index (χ1) is 8.79. The highest BCUT2D eigenvalue weighted by Crippen LogP contribution is 2.22. The fourth-order valence-corrected chi connectivity index (χ4v) is 2.55. The topological polar surface area (TPSA) is 52.0 Å². The molecule has 96 valence electrons. The summed E-state index contributed by atoms with van der Waals surface area (Å²) in [6.45, 7) is 2.90. The minimum Gasteiger partial charge on any atom is -0.356 e. The Bertz CT molecular complexity index is 470. The Labute approximate surface area is 112 Å². The molecule has 1 aromatic carbocycles. The maximum Gasteiger partial charge on any atom is 0.167 e. The molecule has 0 saturated carbocycles. The molecule has 0 amide bonds. The molecule has 0 spiro atoms. The monoisotopic (exact) mass is 262 g/mol. The Balaban J connectivity index is 1.91. The van der Waals surface area contributed by atoms with Crippen molar-refractivity contribution in [3.8, 4) is 11.3 Å². The van der Waals surface area contributed by atoms with Crippen molar-refractivity contribution in [1.29, 1.82) is 0 Å². The van der Waals surface area contributed by atoms with Crippen molar-refractivity contribution < 1.29 is 4.52 Å². The molecule has 0 aliphatic rings. The van der Waals surface area contributed by atoms with E-state index in [1.165, 1.54) is 0 Å². The van der Waals surface area contributed by atoms with Gasteiger partial charge in [-0.15, -0.1) is 0 Å². The zero-order chi connectivity index (χ0) is 12.8. The van der Waals surface area contributed by atoms with Crippen molar-refractivity contribution in [2.45, 2.75) is 12.7 Å². The molecular formula is C14H18N2OS. The van der Waals surface area contributed by atoms with E-state index in [0.717, 1.165) is 35.1 Å². The van der Waals surface area contributed by atoms with Crippen LogP contribution in [0.5, 0.6) is 0 Å². The smallest absolute Gasteiger partial charge is 0.167 e. The predicted octanol–water partition coefficient (Wildman–Crippen LogP) is 3.17. The van der Waals surface area contributed by atoms with Crippen molar-refractivity contribution in [3.05, 3.63) is 42.1 Å². The lowest BCUT2D eigenvalue weighted by Gasteiger charge is -2.05. The summed E-state index contributed by atoms with van der Waals surface area (Å²) in [7, 11) is 0.